The van der Waals surface area contributed by atoms with Gasteiger partial charge in [0.05, 0.1) is 18.2 Å². The molecule has 2 aromatic rings. The molecule has 126 valence electrons. The van der Waals surface area contributed by atoms with Gasteiger partial charge < -0.3 is 15.4 Å². The highest BCUT2D eigenvalue weighted by molar-refractivity contribution is 5.75. The van der Waals surface area contributed by atoms with Gasteiger partial charge in [0, 0.05) is 19.0 Å². The van der Waals surface area contributed by atoms with E-state index in [1.165, 1.54) is 0 Å². The van der Waals surface area contributed by atoms with Gasteiger partial charge in [-0.1, -0.05) is 30.3 Å². The molecule has 2 N–H and O–H groups in total. The van der Waals surface area contributed by atoms with Gasteiger partial charge in [-0.15, -0.1) is 0 Å². The number of hydrogen-bond donors (Lipinski definition) is 2. The van der Waals surface area contributed by atoms with Crippen LogP contribution in [0.3, 0.4) is 0 Å². The molecule has 0 radical (unpaired) electrons. The highest BCUT2D eigenvalue weighted by atomic mass is 16.5. The third-order valence-corrected chi connectivity index (χ3v) is 4.33. The molecule has 0 unspecified atom stereocenters. The van der Waals surface area contributed by atoms with Gasteiger partial charge in [0.1, 0.15) is 0 Å². The Morgan fingerprint density at radius 1 is 1.12 bits per heavy atom. The molecular weight excluding hydrogens is 302 g/mol. The lowest BCUT2D eigenvalue weighted by molar-refractivity contribution is 0.0859. The maximum absolute atomic E-state index is 12.5. The Morgan fingerprint density at radius 2 is 1.83 bits per heavy atom. The zero-order valence-corrected chi connectivity index (χ0v) is 13.8. The van der Waals surface area contributed by atoms with E-state index in [0.29, 0.717) is 0 Å². The predicted molar refractivity (Wildman–Crippen MR) is 92.6 cm³/mol. The van der Waals surface area contributed by atoms with Gasteiger partial charge in [0.15, 0.2) is 0 Å². The van der Waals surface area contributed by atoms with Crippen molar-refractivity contribution >= 4 is 6.03 Å². The quantitative estimate of drug-likeness (QED) is 0.888. The maximum atomic E-state index is 12.5. The first kappa shape index (κ1) is 16.5. The third kappa shape index (κ3) is 4.11. The number of nitrogens with one attached hydrogen (secondary N) is 2. The molecule has 1 fully saturated rings. The summed E-state index contributed by atoms with van der Waals surface area (Å²) < 4.78 is 5.64. The first-order valence-corrected chi connectivity index (χ1v) is 8.37. The number of ether oxygens (including phenoxy) is 1. The number of hydrogen-bond acceptors (Lipinski definition) is 3. The summed E-state index contributed by atoms with van der Waals surface area (Å²) in [6.45, 7) is 2.77. The Labute approximate surface area is 142 Å². The molecule has 3 rings (SSSR count). The molecule has 1 aromatic heterocycles. The van der Waals surface area contributed by atoms with E-state index in [9.17, 15) is 4.79 Å². The molecule has 2 amide bonds. The van der Waals surface area contributed by atoms with Crippen LogP contribution >= 0.6 is 0 Å². The Hall–Kier alpha value is -2.40. The van der Waals surface area contributed by atoms with Gasteiger partial charge in [-0.25, -0.2) is 4.79 Å². The van der Waals surface area contributed by atoms with Crippen molar-refractivity contribution in [2.75, 3.05) is 6.61 Å². The molecule has 0 saturated carbocycles. The molecule has 0 spiro atoms. The lowest BCUT2D eigenvalue weighted by Gasteiger charge is -2.24. The number of urea groups is 1. The van der Waals surface area contributed by atoms with Gasteiger partial charge in [0.25, 0.3) is 0 Å². The summed E-state index contributed by atoms with van der Waals surface area (Å²) in [6, 6.07) is 13.3. The molecule has 1 saturated heterocycles. The minimum absolute atomic E-state index is 0.0126. The van der Waals surface area contributed by atoms with E-state index in [0.717, 1.165) is 30.6 Å². The summed E-state index contributed by atoms with van der Waals surface area (Å²) in [5, 5.41) is 6.07. The van der Waals surface area contributed by atoms with Crippen LogP contribution in [0.25, 0.3) is 0 Å². The predicted octanol–water partition coefficient (Wildman–Crippen LogP) is 3.04. The number of nitrogens with zero attached hydrogens (tertiary/aromatic N) is 1. The van der Waals surface area contributed by atoms with Crippen LogP contribution in [-0.2, 0) is 4.74 Å². The molecule has 0 bridgehead atoms. The van der Waals surface area contributed by atoms with Crippen molar-refractivity contribution in [3.63, 3.8) is 0 Å². The minimum Gasteiger partial charge on any atom is -0.376 e. The number of carbonyl (C=O) groups excluding carboxylic acids is 1. The smallest absolute Gasteiger partial charge is 0.315 e. The molecule has 24 heavy (non-hydrogen) atoms. The van der Waals surface area contributed by atoms with Gasteiger partial charge in [-0.05, 0) is 43.0 Å². The van der Waals surface area contributed by atoms with Crippen LogP contribution in [0.2, 0.25) is 0 Å². The van der Waals surface area contributed by atoms with Crippen molar-refractivity contribution < 1.29 is 9.53 Å². The van der Waals surface area contributed by atoms with Crippen LogP contribution in [0, 0.1) is 0 Å². The third-order valence-electron chi connectivity index (χ3n) is 4.33. The number of aromatic nitrogens is 1. The number of rotatable bonds is 5. The van der Waals surface area contributed by atoms with Crippen LogP contribution in [-0.4, -0.2) is 29.8 Å². The summed E-state index contributed by atoms with van der Waals surface area (Å²) in [6.07, 6.45) is 5.63. The lowest BCUT2D eigenvalue weighted by Crippen LogP contribution is -2.47. The van der Waals surface area contributed by atoms with Crippen molar-refractivity contribution in [2.45, 2.75) is 38.0 Å². The summed E-state index contributed by atoms with van der Waals surface area (Å²) in [5.41, 5.74) is 2.03. The van der Waals surface area contributed by atoms with Crippen molar-refractivity contribution in [1.29, 1.82) is 0 Å². The summed E-state index contributed by atoms with van der Waals surface area (Å²) in [5.74, 6) is 0. The average Bonchev–Trinajstić information content (AvgIpc) is 3.16. The van der Waals surface area contributed by atoms with Gasteiger partial charge >= 0.3 is 6.03 Å². The monoisotopic (exact) mass is 325 g/mol. The van der Waals surface area contributed by atoms with Crippen LogP contribution in [0.15, 0.2) is 54.9 Å². The van der Waals surface area contributed by atoms with Crippen molar-refractivity contribution in [1.82, 2.24) is 15.6 Å². The van der Waals surface area contributed by atoms with E-state index in [1.807, 2.05) is 49.4 Å². The van der Waals surface area contributed by atoms with E-state index in [1.54, 1.807) is 12.4 Å². The fraction of sp³-hybridized carbons (Fsp3) is 0.368. The zero-order valence-electron chi connectivity index (χ0n) is 13.8. The Kier molecular flexibility index (Phi) is 5.43. The number of pyridine rings is 1. The molecule has 1 aromatic carbocycles. The van der Waals surface area contributed by atoms with E-state index < -0.39 is 0 Å². The van der Waals surface area contributed by atoms with Gasteiger partial charge in [0.2, 0.25) is 0 Å². The summed E-state index contributed by atoms with van der Waals surface area (Å²) >= 11 is 0. The molecule has 2 heterocycles. The fourth-order valence-electron chi connectivity index (χ4n) is 3.03. The SMILES string of the molecule is C[C@H](NC(=O)N[C@H](c1ccccc1)c1ccncc1)[C@@H]1CCCO1. The fourth-order valence-corrected chi connectivity index (χ4v) is 3.03. The lowest BCUT2D eigenvalue weighted by atomic mass is 10.00. The summed E-state index contributed by atoms with van der Waals surface area (Å²) in [7, 11) is 0. The first-order chi connectivity index (χ1) is 11.7. The molecule has 1 aliphatic rings. The molecule has 5 nitrogen and oxygen atoms in total. The topological polar surface area (TPSA) is 63.2 Å². The molecule has 0 aliphatic carbocycles. The van der Waals surface area contributed by atoms with Gasteiger partial charge in [-0.3, -0.25) is 4.98 Å². The Bertz CT molecular complexity index is 603. The van der Waals surface area contributed by atoms with E-state index in [-0.39, 0.29) is 24.2 Å². The highest BCUT2D eigenvalue weighted by Gasteiger charge is 2.25. The molecular formula is C19H23N3O2. The zero-order chi connectivity index (χ0) is 16.8. The Balaban J connectivity index is 1.71. The summed E-state index contributed by atoms with van der Waals surface area (Å²) in [4.78, 5) is 16.5. The van der Waals surface area contributed by atoms with E-state index in [4.69, 9.17) is 4.74 Å². The van der Waals surface area contributed by atoms with Crippen molar-refractivity contribution in [3.8, 4) is 0 Å². The second kappa shape index (κ2) is 7.93. The van der Waals surface area contributed by atoms with Crippen molar-refractivity contribution in [3.05, 3.63) is 66.0 Å². The standard InChI is InChI=1S/C19H23N3O2/c1-14(17-8-5-13-24-17)21-19(23)22-18(15-6-3-2-4-7-15)16-9-11-20-12-10-16/h2-4,6-7,9-12,14,17-18H,5,8,13H2,1H3,(H2,21,22,23)/t14-,17-,18+/m0/s1. The van der Waals surface area contributed by atoms with E-state index in [2.05, 4.69) is 15.6 Å². The van der Waals surface area contributed by atoms with Crippen LogP contribution in [0.5, 0.6) is 0 Å². The molecule has 5 heteroatoms. The average molecular weight is 325 g/mol. The van der Waals surface area contributed by atoms with Crippen LogP contribution in [0.4, 0.5) is 4.79 Å². The largest absolute Gasteiger partial charge is 0.376 e. The maximum Gasteiger partial charge on any atom is 0.315 e. The number of carbonyl (C=O) groups is 1. The normalized spacial score (nSPS) is 19.5. The second-order valence-electron chi connectivity index (χ2n) is 6.08. The molecule has 3 atom stereocenters. The minimum atomic E-state index is -0.217. The van der Waals surface area contributed by atoms with Crippen molar-refractivity contribution in [2.24, 2.45) is 0 Å². The number of benzene rings is 1. The second-order valence-corrected chi connectivity index (χ2v) is 6.08. The van der Waals surface area contributed by atoms with E-state index >= 15 is 0 Å². The van der Waals surface area contributed by atoms with Gasteiger partial charge in [-0.2, -0.15) is 0 Å². The van der Waals surface area contributed by atoms with Crippen LogP contribution in [0.1, 0.15) is 36.9 Å². The van der Waals surface area contributed by atoms with Crippen LogP contribution < -0.4 is 10.6 Å². The first-order valence-electron chi connectivity index (χ1n) is 8.37. The Morgan fingerprint density at radius 3 is 2.50 bits per heavy atom. The number of amides is 2. The highest BCUT2D eigenvalue weighted by Crippen LogP contribution is 2.21. The molecule has 1 aliphatic heterocycles.